The van der Waals surface area contributed by atoms with Crippen LogP contribution in [0.1, 0.15) is 65.3 Å². The lowest BCUT2D eigenvalue weighted by molar-refractivity contribution is 0.0939. The molecule has 0 fully saturated rings. The van der Waals surface area contributed by atoms with Gasteiger partial charge >= 0.3 is 0 Å². The maximum absolute atomic E-state index is 12.9. The number of carbonyl (C=O) groups is 1. The smallest absolute Gasteiger partial charge is 0.252 e. The van der Waals surface area contributed by atoms with Crippen LogP contribution >= 0.6 is 0 Å². The van der Waals surface area contributed by atoms with Crippen LogP contribution in [0.25, 0.3) is 0 Å². The molecule has 0 radical (unpaired) electrons. The average Bonchev–Trinajstić information content (AvgIpc) is 2.61. The Morgan fingerprint density at radius 2 is 1.72 bits per heavy atom. The molecule has 6 nitrogen and oxygen atoms in total. The zero-order valence-electron chi connectivity index (χ0n) is 18.1. The first-order valence-corrected chi connectivity index (χ1v) is 11.4. The van der Waals surface area contributed by atoms with E-state index in [9.17, 15) is 13.2 Å². The normalized spacial score (nSPS) is 12.6. The van der Waals surface area contributed by atoms with E-state index >= 15 is 0 Å². The Kier molecular flexibility index (Phi) is 6.95. The summed E-state index contributed by atoms with van der Waals surface area (Å²) in [5, 5.41) is 3.03. The fraction of sp³-hybridized carbons (Fsp3) is 0.409. The Hall–Kier alpha value is -2.54. The van der Waals surface area contributed by atoms with E-state index in [1.54, 1.807) is 32.2 Å². The molecule has 0 spiro atoms. The highest BCUT2D eigenvalue weighted by atomic mass is 32.2. The first-order chi connectivity index (χ1) is 13.4. The molecule has 1 atom stereocenters. The molecule has 0 saturated heterocycles. The highest BCUT2D eigenvalue weighted by Crippen LogP contribution is 2.32. The monoisotopic (exact) mass is 418 g/mol. The van der Waals surface area contributed by atoms with Crippen LogP contribution in [0.5, 0.6) is 5.75 Å². The van der Waals surface area contributed by atoms with E-state index in [0.717, 1.165) is 28.7 Å². The predicted molar refractivity (Wildman–Crippen MR) is 117 cm³/mol. The van der Waals surface area contributed by atoms with E-state index in [1.807, 2.05) is 19.9 Å². The second-order valence-electron chi connectivity index (χ2n) is 7.65. The van der Waals surface area contributed by atoms with Gasteiger partial charge in [-0.3, -0.25) is 9.52 Å². The van der Waals surface area contributed by atoms with Crippen LogP contribution in [-0.4, -0.2) is 27.7 Å². The van der Waals surface area contributed by atoms with Crippen LogP contribution in [0.4, 0.5) is 5.69 Å². The minimum Gasteiger partial charge on any atom is -0.496 e. The molecule has 2 aromatic carbocycles. The van der Waals surface area contributed by atoms with E-state index in [0.29, 0.717) is 16.8 Å². The molecule has 0 saturated carbocycles. The number of anilines is 1. The number of nitrogens with one attached hydrogen (secondary N) is 2. The number of sulfonamides is 1. The number of methoxy groups -OCH3 is 1. The molecule has 0 aromatic heterocycles. The number of aryl methyl sites for hydroxylation is 1. The Bertz CT molecular complexity index is 1010. The molecule has 29 heavy (non-hydrogen) atoms. The van der Waals surface area contributed by atoms with Crippen LogP contribution in [0.3, 0.4) is 0 Å². The number of benzene rings is 2. The first-order valence-electron chi connectivity index (χ1n) is 9.51. The minimum absolute atomic E-state index is 0.225. The fourth-order valence-corrected chi connectivity index (χ4v) is 3.97. The van der Waals surface area contributed by atoms with Gasteiger partial charge in [-0.05, 0) is 73.2 Å². The zero-order chi connectivity index (χ0) is 21.9. The van der Waals surface area contributed by atoms with Gasteiger partial charge in [-0.15, -0.1) is 0 Å². The molecule has 1 amide bonds. The molecule has 0 bridgehead atoms. The van der Waals surface area contributed by atoms with Crippen LogP contribution in [0, 0.1) is 13.8 Å². The van der Waals surface area contributed by atoms with Crippen molar-refractivity contribution < 1.29 is 17.9 Å². The van der Waals surface area contributed by atoms with Gasteiger partial charge in [0.25, 0.3) is 5.91 Å². The lowest BCUT2D eigenvalue weighted by atomic mass is 9.93. The second-order valence-corrected chi connectivity index (χ2v) is 9.40. The molecule has 158 valence electrons. The van der Waals surface area contributed by atoms with Crippen molar-refractivity contribution in [2.45, 2.75) is 46.6 Å². The van der Waals surface area contributed by atoms with E-state index in [-0.39, 0.29) is 17.9 Å². The van der Waals surface area contributed by atoms with Crippen molar-refractivity contribution in [3.05, 3.63) is 58.1 Å². The molecule has 2 rings (SSSR count). The lowest BCUT2D eigenvalue weighted by Crippen LogP contribution is -2.28. The van der Waals surface area contributed by atoms with Gasteiger partial charge in [0, 0.05) is 5.56 Å². The van der Waals surface area contributed by atoms with Crippen molar-refractivity contribution in [3.63, 3.8) is 0 Å². The number of hydrogen-bond donors (Lipinski definition) is 2. The summed E-state index contributed by atoms with van der Waals surface area (Å²) in [5.74, 6) is 0.872. The molecular formula is C22H30N2O4S. The topological polar surface area (TPSA) is 84.5 Å². The number of hydrogen-bond acceptors (Lipinski definition) is 4. The van der Waals surface area contributed by atoms with Gasteiger partial charge < -0.3 is 10.1 Å². The summed E-state index contributed by atoms with van der Waals surface area (Å²) in [6.45, 7) is 9.85. The zero-order valence-corrected chi connectivity index (χ0v) is 18.9. The molecule has 0 aliphatic rings. The van der Waals surface area contributed by atoms with Crippen LogP contribution in [-0.2, 0) is 10.0 Å². The summed E-state index contributed by atoms with van der Waals surface area (Å²) < 4.78 is 31.1. The molecule has 2 N–H and O–H groups in total. The third kappa shape index (κ3) is 5.50. The fourth-order valence-electron chi connectivity index (χ4n) is 3.35. The highest BCUT2D eigenvalue weighted by molar-refractivity contribution is 7.92. The molecular weight excluding hydrogens is 388 g/mol. The number of carbonyl (C=O) groups excluding carboxylic acids is 1. The van der Waals surface area contributed by atoms with Crippen molar-refractivity contribution in [2.24, 2.45) is 0 Å². The molecule has 7 heteroatoms. The third-order valence-corrected chi connectivity index (χ3v) is 5.52. The standard InChI is InChI=1S/C22H30N2O4S/c1-13(2)18-12-19(14(3)11-21(18)28-6)16(5)23-22(25)17-9-8-10-20(15(17)4)24-29(7,26)27/h8-13,16,24H,1-7H3,(H,23,25). The Morgan fingerprint density at radius 1 is 1.07 bits per heavy atom. The van der Waals surface area contributed by atoms with Crippen molar-refractivity contribution >= 4 is 21.6 Å². The van der Waals surface area contributed by atoms with Crippen LogP contribution in [0.15, 0.2) is 30.3 Å². The van der Waals surface area contributed by atoms with Gasteiger partial charge in [-0.2, -0.15) is 0 Å². The van der Waals surface area contributed by atoms with E-state index in [1.165, 1.54) is 0 Å². The molecule has 0 heterocycles. The Labute approximate surface area is 173 Å². The number of rotatable bonds is 7. The number of ether oxygens (including phenoxy) is 1. The summed E-state index contributed by atoms with van der Waals surface area (Å²) >= 11 is 0. The van der Waals surface area contributed by atoms with E-state index < -0.39 is 10.0 Å². The lowest BCUT2D eigenvalue weighted by Gasteiger charge is -2.21. The maximum atomic E-state index is 12.9. The predicted octanol–water partition coefficient (Wildman–Crippen LogP) is 4.30. The summed E-state index contributed by atoms with van der Waals surface area (Å²) in [5.41, 5.74) is 4.55. The van der Waals surface area contributed by atoms with Gasteiger partial charge in [0.05, 0.1) is 25.1 Å². The summed E-state index contributed by atoms with van der Waals surface area (Å²) in [6.07, 6.45) is 1.08. The van der Waals surface area contributed by atoms with Gasteiger partial charge in [0.2, 0.25) is 10.0 Å². The summed E-state index contributed by atoms with van der Waals surface area (Å²) in [4.78, 5) is 12.9. The summed E-state index contributed by atoms with van der Waals surface area (Å²) in [7, 11) is -1.77. The van der Waals surface area contributed by atoms with Gasteiger partial charge in [0.15, 0.2) is 0 Å². The molecule has 1 unspecified atom stereocenters. The van der Waals surface area contributed by atoms with Gasteiger partial charge in [-0.25, -0.2) is 8.42 Å². The van der Waals surface area contributed by atoms with Crippen LogP contribution < -0.4 is 14.8 Å². The quantitative estimate of drug-likeness (QED) is 0.702. The van der Waals surface area contributed by atoms with E-state index in [2.05, 4.69) is 30.0 Å². The van der Waals surface area contributed by atoms with Crippen molar-refractivity contribution in [2.75, 3.05) is 18.1 Å². The maximum Gasteiger partial charge on any atom is 0.252 e. The van der Waals surface area contributed by atoms with E-state index in [4.69, 9.17) is 4.74 Å². The molecule has 2 aromatic rings. The highest BCUT2D eigenvalue weighted by Gasteiger charge is 2.19. The average molecular weight is 419 g/mol. The van der Waals surface area contributed by atoms with Crippen molar-refractivity contribution in [3.8, 4) is 5.75 Å². The molecule has 0 aliphatic carbocycles. The minimum atomic E-state index is -3.43. The second kappa shape index (κ2) is 8.86. The SMILES string of the molecule is COc1cc(C)c(C(C)NC(=O)c2cccc(NS(C)(=O)=O)c2C)cc1C(C)C. The van der Waals surface area contributed by atoms with Crippen molar-refractivity contribution in [1.29, 1.82) is 0 Å². The van der Waals surface area contributed by atoms with Gasteiger partial charge in [0.1, 0.15) is 5.75 Å². The molecule has 0 aliphatic heterocycles. The largest absolute Gasteiger partial charge is 0.496 e. The van der Waals surface area contributed by atoms with Crippen LogP contribution in [0.2, 0.25) is 0 Å². The van der Waals surface area contributed by atoms with Gasteiger partial charge in [-0.1, -0.05) is 19.9 Å². The Morgan fingerprint density at radius 3 is 2.28 bits per heavy atom. The van der Waals surface area contributed by atoms with Crippen molar-refractivity contribution in [1.82, 2.24) is 5.32 Å². The third-order valence-electron chi connectivity index (χ3n) is 4.93. The Balaban J connectivity index is 2.32. The summed E-state index contributed by atoms with van der Waals surface area (Å²) in [6, 6.07) is 8.84. The first kappa shape index (κ1) is 22.7. The number of amides is 1.